The number of benzene rings is 2. The van der Waals surface area contributed by atoms with Gasteiger partial charge in [0.2, 0.25) is 0 Å². The first-order valence-corrected chi connectivity index (χ1v) is 14.3. The molecule has 2 aliphatic heterocycles. The Morgan fingerprint density at radius 2 is 2.00 bits per heavy atom. The molecule has 2 aliphatic rings. The zero-order chi connectivity index (χ0) is 26.7. The normalized spacial score (nSPS) is 20.8. The van der Waals surface area contributed by atoms with Crippen molar-refractivity contribution in [3.8, 4) is 5.75 Å². The average molecular weight is 551 g/mol. The Balaban J connectivity index is 1.38. The van der Waals surface area contributed by atoms with Crippen molar-refractivity contribution in [3.05, 3.63) is 48.0 Å². The second-order valence-corrected chi connectivity index (χ2v) is 12.0. The highest BCUT2D eigenvalue weighted by molar-refractivity contribution is 7.93. The minimum absolute atomic E-state index is 0.0970. The summed E-state index contributed by atoms with van der Waals surface area (Å²) in [6, 6.07) is 7.75. The molecular weight excluding hydrogens is 521 g/mol. The van der Waals surface area contributed by atoms with Crippen molar-refractivity contribution < 1.29 is 31.6 Å². The lowest BCUT2D eigenvalue weighted by Crippen LogP contribution is -2.29. The Morgan fingerprint density at radius 3 is 2.79 bits per heavy atom. The predicted octanol–water partition coefficient (Wildman–Crippen LogP) is 5.39. The van der Waals surface area contributed by atoms with Crippen LogP contribution in [-0.2, 0) is 19.2 Å². The van der Waals surface area contributed by atoms with Crippen molar-refractivity contribution >= 4 is 37.8 Å². The Bertz CT molecular complexity index is 1420. The van der Waals surface area contributed by atoms with E-state index in [1.54, 1.807) is 6.07 Å². The highest BCUT2D eigenvalue weighted by Gasteiger charge is 2.31. The molecule has 2 fully saturated rings. The first kappa shape index (κ1) is 26.6. The van der Waals surface area contributed by atoms with E-state index in [1.807, 2.05) is 13.0 Å². The van der Waals surface area contributed by atoms with Gasteiger partial charge in [0.05, 0.1) is 52.5 Å². The van der Waals surface area contributed by atoms with Crippen LogP contribution in [-0.4, -0.2) is 64.6 Å². The summed E-state index contributed by atoms with van der Waals surface area (Å²) >= 11 is 0. The molecule has 204 valence electrons. The molecule has 0 radical (unpaired) electrons. The SMILES string of the molecule is Cc1cc(N=S2(=O)CCCC2)cc2ncnc(Nc3ccc(F)cc3OC[C@H]3COCC3OCC(F)F)c12. The molecular formula is C26H29F3N4O4S. The lowest BCUT2D eigenvalue weighted by Gasteiger charge is -2.20. The second kappa shape index (κ2) is 11.4. The van der Waals surface area contributed by atoms with Crippen molar-refractivity contribution in [1.82, 2.24) is 9.97 Å². The van der Waals surface area contributed by atoms with Crippen LogP contribution in [0.1, 0.15) is 18.4 Å². The summed E-state index contributed by atoms with van der Waals surface area (Å²) in [6.45, 7) is 1.81. The number of hydrogen-bond donors (Lipinski definition) is 1. The van der Waals surface area contributed by atoms with Crippen molar-refractivity contribution in [3.63, 3.8) is 0 Å². The minimum atomic E-state index is -2.57. The molecule has 0 aliphatic carbocycles. The Labute approximate surface area is 219 Å². The van der Waals surface area contributed by atoms with Gasteiger partial charge in [-0.15, -0.1) is 0 Å². The topological polar surface area (TPSA) is 94.9 Å². The van der Waals surface area contributed by atoms with Gasteiger partial charge in [-0.1, -0.05) is 0 Å². The van der Waals surface area contributed by atoms with E-state index in [2.05, 4.69) is 19.6 Å². The van der Waals surface area contributed by atoms with Crippen LogP contribution in [0.25, 0.3) is 10.9 Å². The first-order valence-electron chi connectivity index (χ1n) is 12.4. The van der Waals surface area contributed by atoms with Crippen LogP contribution in [0.4, 0.5) is 30.4 Å². The number of ether oxygens (including phenoxy) is 3. The van der Waals surface area contributed by atoms with Crippen LogP contribution in [0.3, 0.4) is 0 Å². The standard InChI is InChI=1S/C26H29F3N4O4S/c1-16-8-19(33-38(34)6-2-3-7-38)10-21-25(16)26(31-15-30-21)32-20-5-4-18(27)9-22(20)36-12-17-11-35-13-23(17)37-14-24(28)29/h4-5,8-10,15,17,23-24H,2-3,6-7,11-14H2,1H3,(H,30,31,32)/t17-,23?/m1/s1. The van der Waals surface area contributed by atoms with E-state index in [-0.39, 0.29) is 24.9 Å². The molecule has 8 nitrogen and oxygen atoms in total. The second-order valence-electron chi connectivity index (χ2n) is 9.50. The van der Waals surface area contributed by atoms with E-state index in [1.165, 1.54) is 24.5 Å². The van der Waals surface area contributed by atoms with Gasteiger partial charge in [-0.3, -0.25) is 0 Å². The summed E-state index contributed by atoms with van der Waals surface area (Å²) in [4.78, 5) is 8.78. The van der Waals surface area contributed by atoms with Gasteiger partial charge >= 0.3 is 0 Å². The third-order valence-electron chi connectivity index (χ3n) is 6.59. The Hall–Kier alpha value is -2.96. The number of halogens is 3. The number of rotatable bonds is 9. The predicted molar refractivity (Wildman–Crippen MR) is 139 cm³/mol. The van der Waals surface area contributed by atoms with Crippen LogP contribution in [0.15, 0.2) is 41.0 Å². The van der Waals surface area contributed by atoms with Gasteiger partial charge in [0.15, 0.2) is 0 Å². The lowest BCUT2D eigenvalue weighted by molar-refractivity contribution is -0.0420. The molecule has 2 aromatic carbocycles. The molecule has 0 saturated carbocycles. The third-order valence-corrected chi connectivity index (χ3v) is 8.99. The van der Waals surface area contributed by atoms with E-state index in [4.69, 9.17) is 14.2 Å². The average Bonchev–Trinajstić information content (AvgIpc) is 3.51. The first-order chi connectivity index (χ1) is 18.3. The van der Waals surface area contributed by atoms with Crippen molar-refractivity contribution in [2.45, 2.75) is 32.3 Å². The number of nitrogens with one attached hydrogen (secondary N) is 1. The molecule has 3 aromatic rings. The zero-order valence-electron chi connectivity index (χ0n) is 20.9. The van der Waals surface area contributed by atoms with Crippen molar-refractivity contribution in [1.29, 1.82) is 0 Å². The molecule has 0 spiro atoms. The van der Waals surface area contributed by atoms with Crippen molar-refractivity contribution in [2.75, 3.05) is 43.3 Å². The number of hydrogen-bond acceptors (Lipinski definition) is 8. The number of aryl methyl sites for hydroxylation is 1. The van der Waals surface area contributed by atoms with E-state index in [9.17, 15) is 17.4 Å². The number of alkyl halides is 2. The summed E-state index contributed by atoms with van der Waals surface area (Å²) in [6.07, 6.45) is 0.155. The van der Waals surface area contributed by atoms with Gasteiger partial charge in [-0.05, 0) is 49.6 Å². The van der Waals surface area contributed by atoms with E-state index in [0.717, 1.165) is 23.8 Å². The maximum Gasteiger partial charge on any atom is 0.261 e. The fraction of sp³-hybridized carbons (Fsp3) is 0.462. The molecule has 38 heavy (non-hydrogen) atoms. The monoisotopic (exact) mass is 550 g/mol. The molecule has 2 saturated heterocycles. The molecule has 0 bridgehead atoms. The smallest absolute Gasteiger partial charge is 0.261 e. The molecule has 2 atom stereocenters. The van der Waals surface area contributed by atoms with Crippen LogP contribution in [0.5, 0.6) is 5.75 Å². The van der Waals surface area contributed by atoms with E-state index >= 15 is 0 Å². The fourth-order valence-electron chi connectivity index (χ4n) is 4.72. The highest BCUT2D eigenvalue weighted by atomic mass is 32.2. The van der Waals surface area contributed by atoms with Gasteiger partial charge in [-0.25, -0.2) is 27.3 Å². The van der Waals surface area contributed by atoms with Crippen LogP contribution in [0.2, 0.25) is 0 Å². The minimum Gasteiger partial charge on any atom is -0.491 e. The molecule has 1 unspecified atom stereocenters. The van der Waals surface area contributed by atoms with Gasteiger partial charge in [0.25, 0.3) is 6.43 Å². The van der Waals surface area contributed by atoms with Gasteiger partial charge in [-0.2, -0.15) is 4.36 Å². The summed E-state index contributed by atoms with van der Waals surface area (Å²) in [7, 11) is -2.23. The fourth-order valence-corrected chi connectivity index (χ4v) is 6.91. The molecule has 0 amide bonds. The Morgan fingerprint density at radius 1 is 1.18 bits per heavy atom. The lowest BCUT2D eigenvalue weighted by atomic mass is 10.1. The van der Waals surface area contributed by atoms with Gasteiger partial charge in [0.1, 0.15) is 30.3 Å². The van der Waals surface area contributed by atoms with Gasteiger partial charge in [0, 0.05) is 28.9 Å². The summed E-state index contributed by atoms with van der Waals surface area (Å²) < 4.78 is 73.3. The quantitative estimate of drug-likeness (QED) is 0.382. The molecule has 12 heteroatoms. The summed E-state index contributed by atoms with van der Waals surface area (Å²) in [5, 5.41) is 3.96. The van der Waals surface area contributed by atoms with Crippen LogP contribution < -0.4 is 10.1 Å². The summed E-state index contributed by atoms with van der Waals surface area (Å²) in [5.74, 6) is 1.18. The number of fused-ring (bicyclic) bond motifs is 1. The molecule has 3 heterocycles. The van der Waals surface area contributed by atoms with Crippen LogP contribution >= 0.6 is 0 Å². The largest absolute Gasteiger partial charge is 0.491 e. The zero-order valence-corrected chi connectivity index (χ0v) is 21.7. The number of nitrogens with zero attached hydrogens (tertiary/aromatic N) is 3. The highest BCUT2D eigenvalue weighted by Crippen LogP contribution is 2.34. The maximum atomic E-state index is 14.1. The molecule has 1 N–H and O–H groups in total. The third kappa shape index (κ3) is 6.19. The van der Waals surface area contributed by atoms with Crippen LogP contribution in [0, 0.1) is 18.7 Å². The molecule has 1 aromatic heterocycles. The number of aromatic nitrogens is 2. The Kier molecular flexibility index (Phi) is 8.01. The summed E-state index contributed by atoms with van der Waals surface area (Å²) in [5.41, 5.74) is 2.57. The van der Waals surface area contributed by atoms with E-state index < -0.39 is 34.7 Å². The number of anilines is 2. The maximum absolute atomic E-state index is 14.1. The van der Waals surface area contributed by atoms with E-state index in [0.29, 0.717) is 40.8 Å². The molecule has 5 rings (SSSR count). The van der Waals surface area contributed by atoms with Gasteiger partial charge < -0.3 is 19.5 Å². The van der Waals surface area contributed by atoms with Crippen molar-refractivity contribution in [2.24, 2.45) is 10.3 Å².